The molecule has 1 amide bonds. The molecule has 5 rings (SSSR count). The maximum absolute atomic E-state index is 13.2. The van der Waals surface area contributed by atoms with E-state index in [0.717, 1.165) is 5.56 Å². The molecule has 1 aromatic heterocycles. The third kappa shape index (κ3) is 5.51. The number of anilines is 2. The SMILES string of the molecule is N#CC1=C(N)N(c2nnc(SCC(=O)Nc3c(Cl)cccc3Cl)s2)C2=C(C(=O)CCC2)C1c1cccc(Cl)c1. The van der Waals surface area contributed by atoms with Crippen molar-refractivity contribution < 1.29 is 9.59 Å². The molecule has 0 bridgehead atoms. The molecule has 39 heavy (non-hydrogen) atoms. The number of hydrogen-bond acceptors (Lipinski definition) is 9. The molecule has 13 heteroatoms. The number of halogens is 3. The van der Waals surface area contributed by atoms with Crippen LogP contribution in [0.4, 0.5) is 10.8 Å². The van der Waals surface area contributed by atoms with Gasteiger partial charge in [0.15, 0.2) is 10.1 Å². The van der Waals surface area contributed by atoms with E-state index in [1.165, 1.54) is 23.1 Å². The number of hydrogen-bond donors (Lipinski definition) is 2. The molecule has 2 heterocycles. The number of nitrogens with one attached hydrogen (secondary N) is 1. The molecular weight excluding hydrogens is 599 g/mol. The molecule has 1 atom stereocenters. The van der Waals surface area contributed by atoms with E-state index in [-0.39, 0.29) is 28.8 Å². The average Bonchev–Trinajstić information content (AvgIpc) is 3.37. The summed E-state index contributed by atoms with van der Waals surface area (Å²) in [7, 11) is 0. The lowest BCUT2D eigenvalue weighted by atomic mass is 9.76. The lowest BCUT2D eigenvalue weighted by Gasteiger charge is -2.38. The van der Waals surface area contributed by atoms with Gasteiger partial charge in [0.25, 0.3) is 0 Å². The van der Waals surface area contributed by atoms with Crippen LogP contribution in [0, 0.1) is 11.3 Å². The van der Waals surface area contributed by atoms with Gasteiger partial charge in [-0.1, -0.05) is 76.1 Å². The maximum Gasteiger partial charge on any atom is 0.234 e. The summed E-state index contributed by atoms with van der Waals surface area (Å²) in [5, 5.41) is 22.9. The molecule has 0 saturated carbocycles. The third-order valence-electron chi connectivity index (χ3n) is 6.24. The zero-order chi connectivity index (χ0) is 27.7. The second kappa shape index (κ2) is 11.6. The highest BCUT2D eigenvalue weighted by atomic mass is 35.5. The fourth-order valence-corrected chi connectivity index (χ4v) is 6.97. The number of carbonyl (C=O) groups excluding carboxylic acids is 2. The van der Waals surface area contributed by atoms with E-state index in [9.17, 15) is 14.9 Å². The van der Waals surface area contributed by atoms with E-state index in [1.807, 2.05) is 6.07 Å². The van der Waals surface area contributed by atoms with Gasteiger partial charge in [0.2, 0.25) is 11.0 Å². The van der Waals surface area contributed by atoms with Crippen LogP contribution in [0.3, 0.4) is 0 Å². The molecular formula is C26H19Cl3N6O2S2. The largest absolute Gasteiger partial charge is 0.384 e. The van der Waals surface area contributed by atoms with Gasteiger partial charge in [0.1, 0.15) is 5.82 Å². The number of ketones is 1. The summed E-state index contributed by atoms with van der Waals surface area (Å²) in [5.74, 6) is -0.748. The van der Waals surface area contributed by atoms with Gasteiger partial charge in [-0.05, 0) is 42.7 Å². The second-order valence-corrected chi connectivity index (χ2v) is 12.1. The second-order valence-electron chi connectivity index (χ2n) is 8.66. The molecule has 0 saturated heterocycles. The minimum Gasteiger partial charge on any atom is -0.384 e. The van der Waals surface area contributed by atoms with Crippen LogP contribution in [0.2, 0.25) is 15.1 Å². The summed E-state index contributed by atoms with van der Waals surface area (Å²) in [6.07, 6.45) is 1.61. The Labute approximate surface area is 247 Å². The topological polar surface area (TPSA) is 125 Å². The van der Waals surface area contributed by atoms with Crippen LogP contribution in [0.1, 0.15) is 30.7 Å². The van der Waals surface area contributed by atoms with Crippen LogP contribution >= 0.6 is 57.9 Å². The molecule has 198 valence electrons. The number of aromatic nitrogens is 2. The molecule has 1 aliphatic carbocycles. The maximum atomic E-state index is 13.2. The molecule has 8 nitrogen and oxygen atoms in total. The van der Waals surface area contributed by atoms with Crippen LogP contribution in [-0.2, 0) is 9.59 Å². The van der Waals surface area contributed by atoms with E-state index >= 15 is 0 Å². The lowest BCUT2D eigenvalue weighted by molar-refractivity contribution is -0.116. The minimum atomic E-state index is -0.616. The van der Waals surface area contributed by atoms with Crippen molar-refractivity contribution in [3.05, 3.63) is 85.8 Å². The minimum absolute atomic E-state index is 0.0359. The summed E-state index contributed by atoms with van der Waals surface area (Å²) < 4.78 is 0.512. The zero-order valence-electron chi connectivity index (χ0n) is 20.1. The smallest absolute Gasteiger partial charge is 0.234 e. The van der Waals surface area contributed by atoms with Gasteiger partial charge in [-0.15, -0.1) is 10.2 Å². The summed E-state index contributed by atoms with van der Waals surface area (Å²) in [6.45, 7) is 0. The molecule has 1 unspecified atom stereocenters. The number of thioether (sulfide) groups is 1. The van der Waals surface area contributed by atoms with E-state index < -0.39 is 5.92 Å². The molecule has 2 aliphatic rings. The molecule has 2 aromatic carbocycles. The van der Waals surface area contributed by atoms with Gasteiger partial charge >= 0.3 is 0 Å². The first-order valence-corrected chi connectivity index (χ1v) is 14.6. The van der Waals surface area contributed by atoms with Crippen molar-refractivity contribution in [3.8, 4) is 6.07 Å². The Morgan fingerprint density at radius 2 is 1.92 bits per heavy atom. The molecule has 1 aliphatic heterocycles. The quantitative estimate of drug-likeness (QED) is 0.299. The Morgan fingerprint density at radius 3 is 2.64 bits per heavy atom. The van der Waals surface area contributed by atoms with Crippen molar-refractivity contribution in [2.45, 2.75) is 29.5 Å². The van der Waals surface area contributed by atoms with Crippen LogP contribution in [0.25, 0.3) is 0 Å². The Bertz CT molecular complexity index is 1580. The number of allylic oxidation sites excluding steroid dienone is 3. The van der Waals surface area contributed by atoms with Crippen LogP contribution in [0.5, 0.6) is 0 Å². The van der Waals surface area contributed by atoms with Crippen molar-refractivity contribution >= 4 is 80.4 Å². The fourth-order valence-electron chi connectivity index (χ4n) is 4.60. The van der Waals surface area contributed by atoms with E-state index in [1.54, 1.807) is 41.3 Å². The molecule has 0 radical (unpaired) electrons. The van der Waals surface area contributed by atoms with Crippen molar-refractivity contribution in [1.82, 2.24) is 10.2 Å². The van der Waals surface area contributed by atoms with Gasteiger partial charge in [0, 0.05) is 22.7 Å². The summed E-state index contributed by atoms with van der Waals surface area (Å²) in [6, 6.07) is 14.3. The number of nitriles is 1. The highest BCUT2D eigenvalue weighted by molar-refractivity contribution is 8.01. The Kier molecular flexibility index (Phi) is 8.16. The molecule has 0 fully saturated rings. The van der Waals surface area contributed by atoms with Crippen molar-refractivity contribution in [2.24, 2.45) is 5.73 Å². The van der Waals surface area contributed by atoms with Crippen LogP contribution in [-0.4, -0.2) is 27.6 Å². The predicted molar refractivity (Wildman–Crippen MR) is 155 cm³/mol. The Balaban J connectivity index is 1.42. The molecule has 0 spiro atoms. The standard InChI is InChI=1S/C26H19Cl3N6O2S2/c27-14-5-1-4-13(10-14)21-15(11-30)24(31)35(18-8-3-9-19(36)22(18)21)25-33-34-26(39-25)38-12-20(37)32-23-16(28)6-2-7-17(23)29/h1-2,4-7,10,21H,3,8-9,12,31H2,(H,32,37). The van der Waals surface area contributed by atoms with Gasteiger partial charge in [-0.25, -0.2) is 0 Å². The molecule has 3 aromatic rings. The first-order chi connectivity index (χ1) is 18.8. The predicted octanol–water partition coefficient (Wildman–Crippen LogP) is 6.53. The number of benzene rings is 2. The lowest BCUT2D eigenvalue weighted by Crippen LogP contribution is -2.38. The first-order valence-electron chi connectivity index (χ1n) is 11.7. The van der Waals surface area contributed by atoms with E-state index in [2.05, 4.69) is 21.6 Å². The van der Waals surface area contributed by atoms with Gasteiger partial charge in [0.05, 0.1) is 39.0 Å². The third-order valence-corrected chi connectivity index (χ3v) is 9.14. The Hall–Kier alpha value is -3.07. The Morgan fingerprint density at radius 1 is 1.18 bits per heavy atom. The highest BCUT2D eigenvalue weighted by Gasteiger charge is 2.41. The number of amides is 1. The van der Waals surface area contributed by atoms with Crippen LogP contribution in [0.15, 0.2) is 69.5 Å². The number of carbonyl (C=O) groups is 2. The number of nitrogens with zero attached hydrogens (tertiary/aromatic N) is 4. The van der Waals surface area contributed by atoms with Crippen LogP contribution < -0.4 is 16.0 Å². The molecule has 3 N–H and O–H groups in total. The average molecular weight is 618 g/mol. The fraction of sp³-hybridized carbons (Fsp3) is 0.192. The number of nitrogens with two attached hydrogens (primary N) is 1. The summed E-state index contributed by atoms with van der Waals surface area (Å²) in [5.41, 5.74) is 9.11. The summed E-state index contributed by atoms with van der Waals surface area (Å²) in [4.78, 5) is 27.4. The van der Waals surface area contributed by atoms with Gasteiger partial charge in [-0.2, -0.15) is 5.26 Å². The van der Waals surface area contributed by atoms with E-state index in [0.29, 0.717) is 60.8 Å². The van der Waals surface area contributed by atoms with Crippen molar-refractivity contribution in [1.29, 1.82) is 5.26 Å². The number of rotatable bonds is 6. The van der Waals surface area contributed by atoms with Crippen molar-refractivity contribution in [2.75, 3.05) is 16.0 Å². The first kappa shape index (κ1) is 27.5. The number of Topliss-reactive ketones (excluding diaryl/α,β-unsaturated/α-hetero) is 1. The normalized spacial score (nSPS) is 17.2. The monoisotopic (exact) mass is 616 g/mol. The highest BCUT2D eigenvalue weighted by Crippen LogP contribution is 2.47. The van der Waals surface area contributed by atoms with Gasteiger partial charge < -0.3 is 11.1 Å². The zero-order valence-corrected chi connectivity index (χ0v) is 24.0. The number of para-hydroxylation sites is 1. The van der Waals surface area contributed by atoms with E-state index in [4.69, 9.17) is 40.5 Å². The summed E-state index contributed by atoms with van der Waals surface area (Å²) >= 11 is 20.9. The van der Waals surface area contributed by atoms with Gasteiger partial charge in [-0.3, -0.25) is 14.5 Å². The van der Waals surface area contributed by atoms with Crippen molar-refractivity contribution in [3.63, 3.8) is 0 Å².